The first-order valence-electron chi connectivity index (χ1n) is 8.02. The molecule has 0 aromatic heterocycles. The van der Waals surface area contributed by atoms with Crippen LogP contribution in [0.5, 0.6) is 11.5 Å². The third kappa shape index (κ3) is 2.25. The molecule has 1 amide bonds. The summed E-state index contributed by atoms with van der Waals surface area (Å²) in [6.07, 6.45) is 1.77. The summed E-state index contributed by atoms with van der Waals surface area (Å²) >= 11 is 0. The zero-order valence-corrected chi connectivity index (χ0v) is 13.1. The summed E-state index contributed by atoms with van der Waals surface area (Å²) in [5.41, 5.74) is 1.57. The van der Waals surface area contributed by atoms with Gasteiger partial charge in [-0.15, -0.1) is 0 Å². The third-order valence-corrected chi connectivity index (χ3v) is 4.71. The van der Waals surface area contributed by atoms with Crippen molar-refractivity contribution >= 4 is 11.6 Å². The van der Waals surface area contributed by atoms with Gasteiger partial charge in [0.15, 0.2) is 11.5 Å². The van der Waals surface area contributed by atoms with E-state index in [0.717, 1.165) is 35.6 Å². The second-order valence-electron chi connectivity index (χ2n) is 6.04. The fourth-order valence-electron chi connectivity index (χ4n) is 3.25. The molecule has 1 aliphatic heterocycles. The maximum Gasteiger partial charge on any atom is 0.237 e. The van der Waals surface area contributed by atoms with Gasteiger partial charge >= 0.3 is 0 Å². The largest absolute Gasteiger partial charge is 0.454 e. The van der Waals surface area contributed by atoms with E-state index in [1.807, 2.05) is 60.4 Å². The van der Waals surface area contributed by atoms with Crippen molar-refractivity contribution in [3.05, 3.63) is 54.1 Å². The lowest BCUT2D eigenvalue weighted by Crippen LogP contribution is -2.39. The minimum Gasteiger partial charge on any atom is -0.454 e. The Kier molecular flexibility index (Phi) is 3.26. The van der Waals surface area contributed by atoms with Crippen LogP contribution in [0.3, 0.4) is 0 Å². The van der Waals surface area contributed by atoms with E-state index in [-0.39, 0.29) is 12.7 Å². The van der Waals surface area contributed by atoms with Crippen LogP contribution >= 0.6 is 0 Å². The molecule has 0 unspecified atom stereocenters. The molecule has 1 fully saturated rings. The molecule has 118 valence electrons. The molecule has 1 heterocycles. The van der Waals surface area contributed by atoms with Crippen LogP contribution in [0.1, 0.15) is 25.3 Å². The summed E-state index contributed by atoms with van der Waals surface area (Å²) in [5.74, 6) is 1.67. The Morgan fingerprint density at radius 1 is 1.09 bits per heavy atom. The number of ether oxygens (including phenoxy) is 2. The number of carbonyl (C=O) groups is 1. The van der Waals surface area contributed by atoms with Crippen molar-refractivity contribution in [3.8, 4) is 11.5 Å². The van der Waals surface area contributed by atoms with Crippen molar-refractivity contribution in [1.82, 2.24) is 0 Å². The first kappa shape index (κ1) is 14.1. The molecule has 0 N–H and O–H groups in total. The Labute approximate surface area is 135 Å². The normalized spacial score (nSPS) is 16.9. The van der Waals surface area contributed by atoms with E-state index >= 15 is 0 Å². The summed E-state index contributed by atoms with van der Waals surface area (Å²) in [4.78, 5) is 15.1. The quantitative estimate of drug-likeness (QED) is 0.867. The maximum absolute atomic E-state index is 13.2. The molecule has 4 rings (SSSR count). The van der Waals surface area contributed by atoms with Crippen molar-refractivity contribution in [2.75, 3.05) is 18.2 Å². The van der Waals surface area contributed by atoms with Crippen LogP contribution in [0.4, 0.5) is 5.69 Å². The molecule has 0 saturated heterocycles. The molecule has 0 atom stereocenters. The van der Waals surface area contributed by atoms with Crippen LogP contribution in [-0.2, 0) is 10.2 Å². The molecule has 4 nitrogen and oxygen atoms in total. The molecule has 2 aliphatic rings. The summed E-state index contributed by atoms with van der Waals surface area (Å²) in [6, 6.07) is 15.7. The summed E-state index contributed by atoms with van der Waals surface area (Å²) in [7, 11) is 0. The van der Waals surface area contributed by atoms with Gasteiger partial charge in [0.25, 0.3) is 0 Å². The monoisotopic (exact) mass is 309 g/mol. The highest BCUT2D eigenvalue weighted by molar-refractivity contribution is 6.03. The van der Waals surface area contributed by atoms with Crippen molar-refractivity contribution in [2.24, 2.45) is 0 Å². The molecule has 23 heavy (non-hydrogen) atoms. The Morgan fingerprint density at radius 2 is 1.83 bits per heavy atom. The van der Waals surface area contributed by atoms with Crippen LogP contribution in [-0.4, -0.2) is 19.2 Å². The first-order chi connectivity index (χ1) is 11.2. The molecular weight excluding hydrogens is 290 g/mol. The fraction of sp³-hybridized carbons (Fsp3) is 0.316. The molecule has 4 heteroatoms. The summed E-state index contributed by atoms with van der Waals surface area (Å²) in [6.45, 7) is 2.93. The molecule has 0 radical (unpaired) electrons. The number of hydrogen-bond donors (Lipinski definition) is 0. The number of amides is 1. The number of likely N-dealkylation sites (N-methyl/N-ethyl adjacent to an activating group) is 1. The van der Waals surface area contributed by atoms with Crippen molar-refractivity contribution in [1.29, 1.82) is 0 Å². The highest BCUT2D eigenvalue weighted by Crippen LogP contribution is 2.52. The van der Waals surface area contributed by atoms with E-state index in [4.69, 9.17) is 9.47 Å². The maximum atomic E-state index is 13.2. The predicted octanol–water partition coefficient (Wildman–Crippen LogP) is 3.50. The number of hydrogen-bond acceptors (Lipinski definition) is 3. The van der Waals surface area contributed by atoms with E-state index in [9.17, 15) is 4.79 Å². The van der Waals surface area contributed by atoms with Gasteiger partial charge in [0, 0.05) is 12.2 Å². The van der Waals surface area contributed by atoms with E-state index in [1.165, 1.54) is 0 Å². The summed E-state index contributed by atoms with van der Waals surface area (Å²) in [5, 5.41) is 0. The molecule has 2 aromatic rings. The number of benzene rings is 2. The minimum atomic E-state index is -0.410. The molecule has 0 bridgehead atoms. The van der Waals surface area contributed by atoms with Crippen LogP contribution in [0.2, 0.25) is 0 Å². The lowest BCUT2D eigenvalue weighted by atomic mass is 9.93. The summed E-state index contributed by atoms with van der Waals surface area (Å²) < 4.78 is 10.8. The highest BCUT2D eigenvalue weighted by Gasteiger charge is 2.53. The average Bonchev–Trinajstić information content (AvgIpc) is 3.27. The Hall–Kier alpha value is -2.49. The highest BCUT2D eigenvalue weighted by atomic mass is 16.7. The van der Waals surface area contributed by atoms with Crippen molar-refractivity contribution in [2.45, 2.75) is 25.2 Å². The van der Waals surface area contributed by atoms with Gasteiger partial charge in [-0.05, 0) is 49.6 Å². The van der Waals surface area contributed by atoms with Gasteiger partial charge in [0.2, 0.25) is 12.7 Å². The topological polar surface area (TPSA) is 38.8 Å². The zero-order valence-electron chi connectivity index (χ0n) is 13.1. The van der Waals surface area contributed by atoms with E-state index in [2.05, 4.69) is 0 Å². The lowest BCUT2D eigenvalue weighted by Gasteiger charge is -2.26. The first-order valence-corrected chi connectivity index (χ1v) is 8.02. The average molecular weight is 309 g/mol. The third-order valence-electron chi connectivity index (χ3n) is 4.71. The Morgan fingerprint density at radius 3 is 2.52 bits per heavy atom. The molecule has 0 spiro atoms. The smallest absolute Gasteiger partial charge is 0.237 e. The van der Waals surface area contributed by atoms with Crippen LogP contribution in [0.15, 0.2) is 48.5 Å². The molecule has 2 aromatic carbocycles. The molecule has 1 aliphatic carbocycles. The number of rotatable bonds is 4. The van der Waals surface area contributed by atoms with Gasteiger partial charge < -0.3 is 14.4 Å². The number of carbonyl (C=O) groups excluding carboxylic acids is 1. The second-order valence-corrected chi connectivity index (χ2v) is 6.04. The number of fused-ring (bicyclic) bond motifs is 1. The van der Waals surface area contributed by atoms with Crippen molar-refractivity contribution < 1.29 is 14.3 Å². The van der Waals surface area contributed by atoms with Gasteiger partial charge in [-0.2, -0.15) is 0 Å². The SMILES string of the molecule is CCN(C(=O)C1(c2ccc3c(c2)OCO3)CC1)c1ccccc1. The van der Waals surface area contributed by atoms with Crippen LogP contribution in [0.25, 0.3) is 0 Å². The standard InChI is InChI=1S/C19H19NO3/c1-2-20(15-6-4-3-5-7-15)18(21)19(10-11-19)14-8-9-16-17(12-14)23-13-22-16/h3-9,12H,2,10-11,13H2,1H3. The minimum absolute atomic E-state index is 0.171. The van der Waals surface area contributed by atoms with Crippen LogP contribution in [0, 0.1) is 0 Å². The zero-order chi connectivity index (χ0) is 15.9. The Balaban J connectivity index is 1.67. The van der Waals surface area contributed by atoms with E-state index in [1.54, 1.807) is 0 Å². The molecule has 1 saturated carbocycles. The van der Waals surface area contributed by atoms with Gasteiger partial charge in [0.1, 0.15) is 0 Å². The lowest BCUT2D eigenvalue weighted by molar-refractivity contribution is -0.121. The van der Waals surface area contributed by atoms with E-state index in [0.29, 0.717) is 6.54 Å². The molecular formula is C19H19NO3. The number of anilines is 1. The van der Waals surface area contributed by atoms with Crippen molar-refractivity contribution in [3.63, 3.8) is 0 Å². The van der Waals surface area contributed by atoms with E-state index < -0.39 is 5.41 Å². The van der Waals surface area contributed by atoms with Gasteiger partial charge in [-0.3, -0.25) is 4.79 Å². The fourth-order valence-corrected chi connectivity index (χ4v) is 3.25. The van der Waals surface area contributed by atoms with Gasteiger partial charge in [0.05, 0.1) is 5.41 Å². The Bertz CT molecular complexity index is 738. The number of nitrogens with zero attached hydrogens (tertiary/aromatic N) is 1. The van der Waals surface area contributed by atoms with Crippen LogP contribution < -0.4 is 14.4 Å². The van der Waals surface area contributed by atoms with Gasteiger partial charge in [-0.25, -0.2) is 0 Å². The second kappa shape index (κ2) is 5.30. The number of para-hydroxylation sites is 1. The predicted molar refractivity (Wildman–Crippen MR) is 87.9 cm³/mol. The van der Waals surface area contributed by atoms with Gasteiger partial charge in [-0.1, -0.05) is 24.3 Å².